The van der Waals surface area contributed by atoms with Gasteiger partial charge in [0.25, 0.3) is 0 Å². The van der Waals surface area contributed by atoms with E-state index in [1.54, 1.807) is 0 Å². The number of rotatable bonds is 2. The smallest absolute Gasteiger partial charge is 0.0178 e. The molecule has 1 heterocycles. The Labute approximate surface area is 104 Å². The molecular weight excluding hydrogens is 214 g/mol. The summed E-state index contributed by atoms with van der Waals surface area (Å²) < 4.78 is 0. The summed E-state index contributed by atoms with van der Waals surface area (Å²) in [6.45, 7) is 7.53. The first kappa shape index (κ1) is 11.4. The van der Waals surface area contributed by atoms with Crippen molar-refractivity contribution >= 4 is 11.8 Å². The number of thioether (sulfide) groups is 1. The second kappa shape index (κ2) is 3.65. The summed E-state index contributed by atoms with van der Waals surface area (Å²) in [5.41, 5.74) is 1.13. The topological polar surface area (TPSA) is 12.0 Å². The van der Waals surface area contributed by atoms with Gasteiger partial charge in [0.05, 0.1) is 0 Å². The number of nitrogens with one attached hydrogen (secondary N) is 1. The van der Waals surface area contributed by atoms with Crippen molar-refractivity contribution in [1.82, 2.24) is 5.32 Å². The van der Waals surface area contributed by atoms with Crippen molar-refractivity contribution in [3.63, 3.8) is 0 Å². The van der Waals surface area contributed by atoms with Gasteiger partial charge in [-0.15, -0.1) is 0 Å². The van der Waals surface area contributed by atoms with Gasteiger partial charge in [-0.25, -0.2) is 0 Å². The average Bonchev–Trinajstić information content (AvgIpc) is 2.85. The third-order valence-corrected chi connectivity index (χ3v) is 6.76. The zero-order chi connectivity index (χ0) is 11.4. The molecule has 3 rings (SSSR count). The lowest BCUT2D eigenvalue weighted by Gasteiger charge is -2.44. The molecule has 1 saturated heterocycles. The van der Waals surface area contributed by atoms with E-state index in [9.17, 15) is 0 Å². The summed E-state index contributed by atoms with van der Waals surface area (Å²) in [6, 6.07) is 1.56. The Hall–Kier alpha value is 0.310. The molecule has 0 aromatic carbocycles. The number of hydrogen-bond acceptors (Lipinski definition) is 2. The largest absolute Gasteiger partial charge is 0.309 e. The van der Waals surface area contributed by atoms with Crippen LogP contribution in [0.25, 0.3) is 0 Å². The molecular formula is C14H25NS. The van der Waals surface area contributed by atoms with Crippen LogP contribution in [0.1, 0.15) is 46.5 Å². The molecule has 92 valence electrons. The van der Waals surface area contributed by atoms with Gasteiger partial charge in [-0.2, -0.15) is 11.8 Å². The summed E-state index contributed by atoms with van der Waals surface area (Å²) in [4.78, 5) is 0. The van der Waals surface area contributed by atoms with Crippen LogP contribution >= 0.6 is 11.8 Å². The van der Waals surface area contributed by atoms with Crippen molar-refractivity contribution in [2.75, 3.05) is 11.5 Å². The van der Waals surface area contributed by atoms with Crippen LogP contribution in [0.4, 0.5) is 0 Å². The van der Waals surface area contributed by atoms with Crippen LogP contribution in [0.15, 0.2) is 0 Å². The van der Waals surface area contributed by atoms with Crippen molar-refractivity contribution in [3.8, 4) is 0 Å². The zero-order valence-corrected chi connectivity index (χ0v) is 11.7. The molecule has 4 atom stereocenters. The van der Waals surface area contributed by atoms with E-state index in [2.05, 4.69) is 37.8 Å². The normalized spacial score (nSPS) is 50.1. The minimum Gasteiger partial charge on any atom is -0.309 e. The Balaban J connectivity index is 1.77. The van der Waals surface area contributed by atoms with Gasteiger partial charge in [-0.3, -0.25) is 0 Å². The van der Waals surface area contributed by atoms with E-state index < -0.39 is 0 Å². The zero-order valence-electron chi connectivity index (χ0n) is 10.9. The Morgan fingerprint density at radius 3 is 2.56 bits per heavy atom. The monoisotopic (exact) mass is 239 g/mol. The molecule has 16 heavy (non-hydrogen) atoms. The van der Waals surface area contributed by atoms with Crippen molar-refractivity contribution in [2.24, 2.45) is 16.7 Å². The predicted octanol–water partition coefficient (Wildman–Crippen LogP) is 3.30. The third kappa shape index (κ3) is 1.56. The lowest BCUT2D eigenvalue weighted by Crippen LogP contribution is -2.53. The van der Waals surface area contributed by atoms with Gasteiger partial charge in [0.2, 0.25) is 0 Å². The van der Waals surface area contributed by atoms with Gasteiger partial charge < -0.3 is 5.32 Å². The maximum Gasteiger partial charge on any atom is 0.0178 e. The van der Waals surface area contributed by atoms with Gasteiger partial charge in [0, 0.05) is 17.8 Å². The molecule has 0 amide bonds. The fourth-order valence-electron chi connectivity index (χ4n) is 4.62. The highest BCUT2D eigenvalue weighted by molar-refractivity contribution is 7.99. The van der Waals surface area contributed by atoms with Crippen molar-refractivity contribution in [2.45, 2.75) is 58.5 Å². The molecule has 2 aliphatic carbocycles. The molecule has 3 fully saturated rings. The van der Waals surface area contributed by atoms with E-state index >= 15 is 0 Å². The molecule has 1 nitrogen and oxygen atoms in total. The van der Waals surface area contributed by atoms with Crippen LogP contribution in [-0.4, -0.2) is 23.6 Å². The molecule has 2 saturated carbocycles. The second-order valence-corrected chi connectivity index (χ2v) is 8.23. The standard InChI is InChI=1S/C14H25NS/c1-13(2)10-4-6-14(3,8-10)12(13)15-11-5-7-16-9-11/h10-12,15H,4-9H2,1-3H3. The molecule has 0 radical (unpaired) electrons. The quantitative estimate of drug-likeness (QED) is 0.793. The lowest BCUT2D eigenvalue weighted by atomic mass is 9.68. The number of hydrogen-bond donors (Lipinski definition) is 1. The first-order valence-electron chi connectivity index (χ1n) is 6.86. The van der Waals surface area contributed by atoms with E-state index in [1.165, 1.54) is 37.2 Å². The van der Waals surface area contributed by atoms with E-state index in [4.69, 9.17) is 0 Å². The van der Waals surface area contributed by atoms with Gasteiger partial charge in [0.15, 0.2) is 0 Å². The van der Waals surface area contributed by atoms with Crippen LogP contribution in [0.2, 0.25) is 0 Å². The average molecular weight is 239 g/mol. The van der Waals surface area contributed by atoms with Gasteiger partial charge in [-0.05, 0) is 48.2 Å². The van der Waals surface area contributed by atoms with Crippen molar-refractivity contribution in [3.05, 3.63) is 0 Å². The molecule has 1 N–H and O–H groups in total. The summed E-state index contributed by atoms with van der Waals surface area (Å²) in [5, 5.41) is 4.02. The highest BCUT2D eigenvalue weighted by Crippen LogP contribution is 2.62. The van der Waals surface area contributed by atoms with E-state index in [0.717, 1.165) is 18.0 Å². The Kier molecular flexibility index (Phi) is 2.60. The van der Waals surface area contributed by atoms with Crippen LogP contribution < -0.4 is 5.32 Å². The first-order valence-corrected chi connectivity index (χ1v) is 8.02. The van der Waals surface area contributed by atoms with E-state index in [1.807, 2.05) is 0 Å². The van der Waals surface area contributed by atoms with Crippen molar-refractivity contribution in [1.29, 1.82) is 0 Å². The lowest BCUT2D eigenvalue weighted by molar-refractivity contribution is 0.101. The fraction of sp³-hybridized carbons (Fsp3) is 1.00. The minimum absolute atomic E-state index is 0.528. The summed E-state index contributed by atoms with van der Waals surface area (Å²) in [6.07, 6.45) is 5.79. The predicted molar refractivity (Wildman–Crippen MR) is 71.9 cm³/mol. The molecule has 3 aliphatic rings. The molecule has 2 heteroatoms. The fourth-order valence-corrected chi connectivity index (χ4v) is 5.78. The second-order valence-electron chi connectivity index (χ2n) is 7.08. The Morgan fingerprint density at radius 1 is 1.19 bits per heavy atom. The SMILES string of the molecule is CC12CCC(C1)C(C)(C)C2NC1CCSC1. The van der Waals surface area contributed by atoms with Gasteiger partial charge in [0.1, 0.15) is 0 Å². The van der Waals surface area contributed by atoms with Crippen LogP contribution in [0.5, 0.6) is 0 Å². The van der Waals surface area contributed by atoms with Crippen molar-refractivity contribution < 1.29 is 0 Å². The van der Waals surface area contributed by atoms with Crippen LogP contribution in [0.3, 0.4) is 0 Å². The van der Waals surface area contributed by atoms with E-state index in [-0.39, 0.29) is 0 Å². The maximum absolute atomic E-state index is 4.02. The molecule has 1 aliphatic heterocycles. The van der Waals surface area contributed by atoms with Gasteiger partial charge in [-0.1, -0.05) is 20.8 Å². The van der Waals surface area contributed by atoms with E-state index in [0.29, 0.717) is 10.8 Å². The molecule has 0 aromatic heterocycles. The minimum atomic E-state index is 0.528. The maximum atomic E-state index is 4.02. The molecule has 0 spiro atoms. The molecule has 0 aromatic rings. The highest BCUT2D eigenvalue weighted by Gasteiger charge is 2.59. The number of fused-ring (bicyclic) bond motifs is 2. The highest BCUT2D eigenvalue weighted by atomic mass is 32.2. The Morgan fingerprint density at radius 2 is 2.00 bits per heavy atom. The van der Waals surface area contributed by atoms with Crippen LogP contribution in [0, 0.1) is 16.7 Å². The first-order chi connectivity index (χ1) is 7.52. The summed E-state index contributed by atoms with van der Waals surface area (Å²) >= 11 is 2.12. The van der Waals surface area contributed by atoms with Gasteiger partial charge >= 0.3 is 0 Å². The summed E-state index contributed by atoms with van der Waals surface area (Å²) in [7, 11) is 0. The molecule has 4 unspecified atom stereocenters. The summed E-state index contributed by atoms with van der Waals surface area (Å²) in [5.74, 6) is 3.68. The van der Waals surface area contributed by atoms with Crippen LogP contribution in [-0.2, 0) is 0 Å². The Bertz CT molecular complexity index is 278. The third-order valence-electron chi connectivity index (χ3n) is 5.60. The molecule has 2 bridgehead atoms.